The second kappa shape index (κ2) is 4.73. The molecule has 0 spiro atoms. The summed E-state index contributed by atoms with van der Waals surface area (Å²) in [7, 11) is 0. The van der Waals surface area contributed by atoms with Gasteiger partial charge in [0.25, 0.3) is 0 Å². The molecule has 0 unspecified atom stereocenters. The number of amides is 3. The number of urea groups is 1. The van der Waals surface area contributed by atoms with E-state index in [2.05, 4.69) is 5.32 Å². The quantitative estimate of drug-likeness (QED) is 0.742. The highest BCUT2D eigenvalue weighted by Crippen LogP contribution is 2.19. The van der Waals surface area contributed by atoms with E-state index in [9.17, 15) is 22.8 Å². The Morgan fingerprint density at radius 1 is 1.00 bits per heavy atom. The third kappa shape index (κ3) is 4.01. The molecule has 8 heteroatoms. The van der Waals surface area contributed by atoms with Crippen LogP contribution < -0.4 is 16.4 Å². The molecule has 0 aromatic heterocycles. The van der Waals surface area contributed by atoms with Gasteiger partial charge in [0.05, 0.1) is 0 Å². The fraction of sp³-hybridized carbons (Fsp3) is 0.111. The minimum Gasteiger partial charge on any atom is -0.351 e. The van der Waals surface area contributed by atoms with Gasteiger partial charge in [-0.25, -0.2) is 4.79 Å². The summed E-state index contributed by atoms with van der Waals surface area (Å²) in [4.78, 5) is 21.0. The van der Waals surface area contributed by atoms with Crippen molar-refractivity contribution >= 4 is 23.3 Å². The minimum absolute atomic E-state index is 0.0395. The number of anilines is 2. The summed E-state index contributed by atoms with van der Waals surface area (Å²) >= 11 is 0. The van der Waals surface area contributed by atoms with Gasteiger partial charge in [0, 0.05) is 11.4 Å². The van der Waals surface area contributed by atoms with E-state index < -0.39 is 18.1 Å². The molecular weight excluding hydrogens is 239 g/mol. The summed E-state index contributed by atoms with van der Waals surface area (Å²) in [5, 5.41) is 3.87. The van der Waals surface area contributed by atoms with Crippen LogP contribution in [-0.2, 0) is 4.79 Å². The summed E-state index contributed by atoms with van der Waals surface area (Å²) in [5.74, 6) is -2.06. The summed E-state index contributed by atoms with van der Waals surface area (Å²) in [5.41, 5.74) is 5.10. The highest BCUT2D eigenvalue weighted by molar-refractivity contribution is 5.95. The van der Waals surface area contributed by atoms with Crippen molar-refractivity contribution in [2.75, 3.05) is 10.6 Å². The molecule has 1 rings (SSSR count). The van der Waals surface area contributed by atoms with Crippen molar-refractivity contribution in [3.8, 4) is 0 Å². The van der Waals surface area contributed by atoms with Crippen LogP contribution >= 0.6 is 0 Å². The number of carbonyl (C=O) groups is 2. The SMILES string of the molecule is NC(=O)Nc1ccc(NC(=O)C(F)(F)F)cc1. The van der Waals surface area contributed by atoms with E-state index in [1.165, 1.54) is 24.3 Å². The largest absolute Gasteiger partial charge is 0.471 e. The smallest absolute Gasteiger partial charge is 0.351 e. The number of benzene rings is 1. The number of carbonyl (C=O) groups excluding carboxylic acids is 2. The lowest BCUT2D eigenvalue weighted by Gasteiger charge is -2.08. The first-order valence-corrected chi connectivity index (χ1v) is 4.34. The molecular formula is C9H8F3N3O2. The highest BCUT2D eigenvalue weighted by Gasteiger charge is 2.38. The molecule has 0 atom stereocenters. The van der Waals surface area contributed by atoms with Crippen molar-refractivity contribution in [2.24, 2.45) is 5.73 Å². The van der Waals surface area contributed by atoms with Crippen molar-refractivity contribution < 1.29 is 22.8 Å². The molecule has 1 aromatic rings. The highest BCUT2D eigenvalue weighted by atomic mass is 19.4. The van der Waals surface area contributed by atoms with Crippen LogP contribution in [0.15, 0.2) is 24.3 Å². The van der Waals surface area contributed by atoms with Gasteiger partial charge in [-0.05, 0) is 24.3 Å². The van der Waals surface area contributed by atoms with Gasteiger partial charge in [0.1, 0.15) is 0 Å². The Morgan fingerprint density at radius 2 is 1.41 bits per heavy atom. The van der Waals surface area contributed by atoms with Gasteiger partial charge >= 0.3 is 18.1 Å². The zero-order chi connectivity index (χ0) is 13.1. The van der Waals surface area contributed by atoms with E-state index >= 15 is 0 Å². The Kier molecular flexibility index (Phi) is 3.56. The standard InChI is InChI=1S/C9H8F3N3O2/c10-9(11,12)7(16)14-5-1-3-6(4-2-5)15-8(13)17/h1-4H,(H,14,16)(H3,13,15,17). The van der Waals surface area contributed by atoms with Crippen LogP contribution in [0.1, 0.15) is 0 Å². The molecule has 0 aliphatic carbocycles. The lowest BCUT2D eigenvalue weighted by molar-refractivity contribution is -0.167. The van der Waals surface area contributed by atoms with Crippen molar-refractivity contribution in [2.45, 2.75) is 6.18 Å². The molecule has 17 heavy (non-hydrogen) atoms. The maximum Gasteiger partial charge on any atom is 0.471 e. The second-order valence-corrected chi connectivity index (χ2v) is 3.02. The third-order valence-electron chi connectivity index (χ3n) is 1.67. The van der Waals surface area contributed by atoms with Crippen LogP contribution in [0.25, 0.3) is 0 Å². The molecule has 0 bridgehead atoms. The summed E-state index contributed by atoms with van der Waals surface area (Å²) in [6, 6.07) is 4.22. The van der Waals surface area contributed by atoms with E-state index in [1.54, 1.807) is 5.32 Å². The molecule has 92 valence electrons. The fourth-order valence-electron chi connectivity index (χ4n) is 0.981. The second-order valence-electron chi connectivity index (χ2n) is 3.02. The fourth-order valence-corrected chi connectivity index (χ4v) is 0.981. The van der Waals surface area contributed by atoms with Crippen LogP contribution in [0.4, 0.5) is 29.3 Å². The van der Waals surface area contributed by atoms with Gasteiger partial charge < -0.3 is 16.4 Å². The first-order chi connectivity index (χ1) is 7.79. The maximum absolute atomic E-state index is 11.9. The number of hydrogen-bond donors (Lipinski definition) is 3. The number of halogens is 3. The zero-order valence-electron chi connectivity index (χ0n) is 8.34. The molecule has 0 fully saturated rings. The predicted octanol–water partition coefficient (Wildman–Crippen LogP) is 1.68. The molecule has 0 saturated carbocycles. The Labute approximate surface area is 93.8 Å². The van der Waals surface area contributed by atoms with Crippen LogP contribution in [0, 0.1) is 0 Å². The van der Waals surface area contributed by atoms with Gasteiger partial charge in [-0.3, -0.25) is 4.79 Å². The van der Waals surface area contributed by atoms with Crippen molar-refractivity contribution in [3.05, 3.63) is 24.3 Å². The first kappa shape index (κ1) is 12.8. The van der Waals surface area contributed by atoms with Crippen molar-refractivity contribution in [1.29, 1.82) is 0 Å². The average molecular weight is 247 g/mol. The number of primary amides is 1. The van der Waals surface area contributed by atoms with Gasteiger partial charge in [-0.15, -0.1) is 0 Å². The van der Waals surface area contributed by atoms with Crippen molar-refractivity contribution in [3.63, 3.8) is 0 Å². The molecule has 3 amide bonds. The number of nitrogens with two attached hydrogens (primary N) is 1. The molecule has 0 aliphatic heterocycles. The molecule has 0 heterocycles. The topological polar surface area (TPSA) is 84.2 Å². The van der Waals surface area contributed by atoms with Crippen LogP contribution in [0.5, 0.6) is 0 Å². The van der Waals surface area contributed by atoms with Crippen LogP contribution in [0.3, 0.4) is 0 Å². The van der Waals surface area contributed by atoms with E-state index in [4.69, 9.17) is 5.73 Å². The van der Waals surface area contributed by atoms with Crippen LogP contribution in [0.2, 0.25) is 0 Å². The number of nitrogens with one attached hydrogen (secondary N) is 2. The van der Waals surface area contributed by atoms with E-state index in [-0.39, 0.29) is 5.69 Å². The molecule has 4 N–H and O–H groups in total. The minimum atomic E-state index is -4.94. The predicted molar refractivity (Wildman–Crippen MR) is 54.3 cm³/mol. The molecule has 1 aromatic carbocycles. The number of hydrogen-bond acceptors (Lipinski definition) is 2. The molecule has 0 radical (unpaired) electrons. The van der Waals surface area contributed by atoms with E-state index in [1.807, 2.05) is 0 Å². The van der Waals surface area contributed by atoms with Gasteiger partial charge in [0.15, 0.2) is 0 Å². The Morgan fingerprint density at radius 3 is 1.76 bits per heavy atom. The Bertz CT molecular complexity index is 428. The lowest BCUT2D eigenvalue weighted by atomic mass is 10.3. The first-order valence-electron chi connectivity index (χ1n) is 4.34. The van der Waals surface area contributed by atoms with Gasteiger partial charge in [-0.1, -0.05) is 0 Å². The van der Waals surface area contributed by atoms with E-state index in [0.29, 0.717) is 5.69 Å². The monoisotopic (exact) mass is 247 g/mol. The zero-order valence-corrected chi connectivity index (χ0v) is 8.34. The van der Waals surface area contributed by atoms with Gasteiger partial charge in [-0.2, -0.15) is 13.2 Å². The lowest BCUT2D eigenvalue weighted by Crippen LogP contribution is -2.29. The molecule has 5 nitrogen and oxygen atoms in total. The normalized spacial score (nSPS) is 10.8. The van der Waals surface area contributed by atoms with E-state index in [0.717, 1.165) is 0 Å². The maximum atomic E-state index is 11.9. The molecule has 0 saturated heterocycles. The third-order valence-corrected chi connectivity index (χ3v) is 1.67. The van der Waals surface area contributed by atoms with Crippen molar-refractivity contribution in [1.82, 2.24) is 0 Å². The average Bonchev–Trinajstić information content (AvgIpc) is 2.18. The van der Waals surface area contributed by atoms with Crippen LogP contribution in [-0.4, -0.2) is 18.1 Å². The molecule has 0 aliphatic rings. The Balaban J connectivity index is 2.69. The summed E-state index contributed by atoms with van der Waals surface area (Å²) in [6.45, 7) is 0. The van der Waals surface area contributed by atoms with Gasteiger partial charge in [0.2, 0.25) is 0 Å². The number of rotatable bonds is 2. The summed E-state index contributed by atoms with van der Waals surface area (Å²) in [6.07, 6.45) is -4.94. The summed E-state index contributed by atoms with van der Waals surface area (Å²) < 4.78 is 35.7. The number of alkyl halides is 3. The Hall–Kier alpha value is -2.25.